The van der Waals surface area contributed by atoms with Crippen molar-refractivity contribution in [1.29, 1.82) is 0 Å². The highest BCUT2D eigenvalue weighted by Gasteiger charge is 2.25. The summed E-state index contributed by atoms with van der Waals surface area (Å²) >= 11 is 0. The predicted octanol–water partition coefficient (Wildman–Crippen LogP) is 3.01. The lowest BCUT2D eigenvalue weighted by Crippen LogP contribution is -2.39. The molecular weight excluding hydrogens is 257 g/mol. The Labute approximate surface area is 120 Å². The van der Waals surface area contributed by atoms with E-state index in [4.69, 9.17) is 0 Å². The molecular formula is C16H24FNO2. The molecule has 2 rings (SSSR count). The zero-order valence-corrected chi connectivity index (χ0v) is 12.1. The van der Waals surface area contributed by atoms with Gasteiger partial charge in [0.2, 0.25) is 0 Å². The summed E-state index contributed by atoms with van der Waals surface area (Å²) in [7, 11) is 0. The Kier molecular flexibility index (Phi) is 5.38. The predicted molar refractivity (Wildman–Crippen MR) is 78.3 cm³/mol. The van der Waals surface area contributed by atoms with Crippen LogP contribution < -0.4 is 4.90 Å². The molecule has 0 aliphatic heterocycles. The largest absolute Gasteiger partial charge is 0.395 e. The first-order chi connectivity index (χ1) is 9.65. The van der Waals surface area contributed by atoms with Gasteiger partial charge in [-0.1, -0.05) is 25.3 Å². The van der Waals surface area contributed by atoms with E-state index in [-0.39, 0.29) is 12.4 Å². The summed E-state index contributed by atoms with van der Waals surface area (Å²) in [4.78, 5) is 2.07. The van der Waals surface area contributed by atoms with Gasteiger partial charge in [-0.25, -0.2) is 4.39 Å². The van der Waals surface area contributed by atoms with Crippen molar-refractivity contribution in [2.24, 2.45) is 0 Å². The molecule has 2 N–H and O–H groups in total. The van der Waals surface area contributed by atoms with Crippen molar-refractivity contribution in [1.82, 2.24) is 0 Å². The summed E-state index contributed by atoms with van der Waals surface area (Å²) in [5.74, 6) is -0.378. The van der Waals surface area contributed by atoms with Gasteiger partial charge >= 0.3 is 0 Å². The average Bonchev–Trinajstić information content (AvgIpc) is 2.45. The van der Waals surface area contributed by atoms with E-state index < -0.39 is 6.10 Å². The van der Waals surface area contributed by atoms with Crippen molar-refractivity contribution < 1.29 is 14.6 Å². The molecule has 0 saturated heterocycles. The highest BCUT2D eigenvalue weighted by atomic mass is 19.1. The third-order valence-corrected chi connectivity index (χ3v) is 4.11. The molecule has 1 aliphatic carbocycles. The van der Waals surface area contributed by atoms with Crippen molar-refractivity contribution in [3.63, 3.8) is 0 Å². The number of halogens is 1. The van der Waals surface area contributed by atoms with Gasteiger partial charge in [0.1, 0.15) is 5.82 Å². The van der Waals surface area contributed by atoms with Crippen LogP contribution in [0.5, 0.6) is 0 Å². The van der Waals surface area contributed by atoms with Gasteiger partial charge in [-0.3, -0.25) is 0 Å². The Bertz CT molecular complexity index is 430. The summed E-state index contributed by atoms with van der Waals surface area (Å²) in [6.45, 7) is 2.10. The van der Waals surface area contributed by atoms with Crippen LogP contribution in [0.1, 0.15) is 50.7 Å². The molecule has 1 atom stereocenters. The molecule has 1 saturated carbocycles. The molecule has 4 heteroatoms. The fraction of sp³-hybridized carbons (Fsp3) is 0.625. The minimum Gasteiger partial charge on any atom is -0.395 e. The summed E-state index contributed by atoms with van der Waals surface area (Å²) in [6.07, 6.45) is 4.87. The molecule has 0 bridgehead atoms. The molecule has 112 valence electrons. The molecule has 1 aromatic rings. The summed E-state index contributed by atoms with van der Waals surface area (Å²) in [6, 6.07) is 5.22. The van der Waals surface area contributed by atoms with Crippen LogP contribution >= 0.6 is 0 Å². The number of benzene rings is 1. The fourth-order valence-electron chi connectivity index (χ4n) is 3.19. The summed E-state index contributed by atoms with van der Waals surface area (Å²) in [5.41, 5.74) is 1.06. The smallest absolute Gasteiger partial charge is 0.131 e. The Morgan fingerprint density at radius 1 is 1.30 bits per heavy atom. The second-order valence-electron chi connectivity index (χ2n) is 5.56. The molecule has 1 aliphatic rings. The lowest BCUT2D eigenvalue weighted by molar-refractivity contribution is 0.194. The molecule has 1 aromatic carbocycles. The van der Waals surface area contributed by atoms with E-state index in [2.05, 4.69) is 4.90 Å². The van der Waals surface area contributed by atoms with E-state index in [0.717, 1.165) is 18.5 Å². The average molecular weight is 281 g/mol. The Morgan fingerprint density at radius 2 is 2.00 bits per heavy atom. The highest BCUT2D eigenvalue weighted by molar-refractivity contribution is 5.56. The van der Waals surface area contributed by atoms with Crippen LogP contribution in [0.3, 0.4) is 0 Å². The van der Waals surface area contributed by atoms with Gasteiger partial charge in [-0.2, -0.15) is 0 Å². The third kappa shape index (κ3) is 3.30. The molecule has 20 heavy (non-hydrogen) atoms. The van der Waals surface area contributed by atoms with Crippen molar-refractivity contribution >= 4 is 5.69 Å². The summed E-state index contributed by atoms with van der Waals surface area (Å²) < 4.78 is 14.0. The van der Waals surface area contributed by atoms with Crippen LogP contribution in [-0.4, -0.2) is 29.4 Å². The van der Waals surface area contributed by atoms with E-state index in [0.29, 0.717) is 18.2 Å². The van der Waals surface area contributed by atoms with Crippen molar-refractivity contribution in [3.8, 4) is 0 Å². The standard InChI is InChI=1S/C16H24FNO2/c1-12(20)16-14(17)8-5-9-15(16)18(10-11-19)13-6-3-2-4-7-13/h5,8-9,12-13,19-20H,2-4,6-7,10-11H2,1H3/t12-/m0/s1. The normalized spacial score (nSPS) is 18.0. The molecule has 0 radical (unpaired) electrons. The van der Waals surface area contributed by atoms with Crippen LogP contribution in [0.15, 0.2) is 18.2 Å². The van der Waals surface area contributed by atoms with E-state index >= 15 is 0 Å². The maximum absolute atomic E-state index is 14.0. The van der Waals surface area contributed by atoms with Crippen LogP contribution in [0.2, 0.25) is 0 Å². The molecule has 3 nitrogen and oxygen atoms in total. The zero-order valence-electron chi connectivity index (χ0n) is 12.1. The van der Waals surface area contributed by atoms with Crippen LogP contribution in [0.4, 0.5) is 10.1 Å². The van der Waals surface area contributed by atoms with Gasteiger partial charge in [-0.05, 0) is 31.9 Å². The van der Waals surface area contributed by atoms with Crippen LogP contribution in [-0.2, 0) is 0 Å². The second kappa shape index (κ2) is 7.04. The maximum Gasteiger partial charge on any atom is 0.131 e. The number of nitrogens with zero attached hydrogens (tertiary/aromatic N) is 1. The lowest BCUT2D eigenvalue weighted by atomic mass is 9.93. The van der Waals surface area contributed by atoms with Gasteiger partial charge in [0.05, 0.1) is 12.7 Å². The molecule has 0 amide bonds. The molecule has 0 spiro atoms. The molecule has 1 fully saturated rings. The first-order valence-corrected chi connectivity index (χ1v) is 7.49. The Balaban J connectivity index is 2.35. The number of hydrogen-bond acceptors (Lipinski definition) is 3. The lowest BCUT2D eigenvalue weighted by Gasteiger charge is -2.37. The number of anilines is 1. The van der Waals surface area contributed by atoms with Crippen LogP contribution in [0, 0.1) is 5.82 Å². The minimum atomic E-state index is -0.851. The van der Waals surface area contributed by atoms with E-state index in [1.165, 1.54) is 25.3 Å². The van der Waals surface area contributed by atoms with Gasteiger partial charge in [-0.15, -0.1) is 0 Å². The summed E-state index contributed by atoms with van der Waals surface area (Å²) in [5, 5.41) is 19.2. The SMILES string of the molecule is C[C@H](O)c1c(F)cccc1N(CCO)C1CCCCC1. The second-order valence-corrected chi connectivity index (χ2v) is 5.56. The fourth-order valence-corrected chi connectivity index (χ4v) is 3.19. The maximum atomic E-state index is 14.0. The van der Waals surface area contributed by atoms with Crippen molar-refractivity contribution in [2.45, 2.75) is 51.2 Å². The van der Waals surface area contributed by atoms with Gasteiger partial charge in [0.15, 0.2) is 0 Å². The minimum absolute atomic E-state index is 0.0340. The molecule has 0 aromatic heterocycles. The Morgan fingerprint density at radius 3 is 2.60 bits per heavy atom. The van der Waals surface area contributed by atoms with E-state index in [1.807, 2.05) is 6.07 Å². The zero-order chi connectivity index (χ0) is 14.5. The monoisotopic (exact) mass is 281 g/mol. The van der Waals surface area contributed by atoms with Gasteiger partial charge < -0.3 is 15.1 Å². The number of aliphatic hydroxyl groups excluding tert-OH is 2. The van der Waals surface area contributed by atoms with Gasteiger partial charge in [0, 0.05) is 23.8 Å². The van der Waals surface area contributed by atoms with Crippen molar-refractivity contribution in [2.75, 3.05) is 18.1 Å². The van der Waals surface area contributed by atoms with Gasteiger partial charge in [0.25, 0.3) is 0 Å². The number of rotatable bonds is 5. The topological polar surface area (TPSA) is 43.7 Å². The first-order valence-electron chi connectivity index (χ1n) is 7.49. The Hall–Kier alpha value is -1.13. The van der Waals surface area contributed by atoms with E-state index in [1.54, 1.807) is 13.0 Å². The van der Waals surface area contributed by atoms with E-state index in [9.17, 15) is 14.6 Å². The third-order valence-electron chi connectivity index (χ3n) is 4.11. The van der Waals surface area contributed by atoms with Crippen molar-refractivity contribution in [3.05, 3.63) is 29.6 Å². The number of aliphatic hydroxyl groups is 2. The quantitative estimate of drug-likeness (QED) is 0.872. The highest BCUT2D eigenvalue weighted by Crippen LogP contribution is 2.33. The first kappa shape index (κ1) is 15.3. The molecule has 0 unspecified atom stereocenters. The number of hydrogen-bond donors (Lipinski definition) is 2. The molecule has 0 heterocycles. The van der Waals surface area contributed by atoms with Crippen LogP contribution in [0.25, 0.3) is 0 Å².